The average Bonchev–Trinajstić information content (AvgIpc) is 2.89. The summed E-state index contributed by atoms with van der Waals surface area (Å²) in [5, 5.41) is 10.4. The van der Waals surface area contributed by atoms with E-state index in [1.54, 1.807) is 7.11 Å². The Morgan fingerprint density at radius 1 is 1.00 bits per heavy atom. The normalized spacial score (nSPS) is 13.9. The molecule has 2 heterocycles. The van der Waals surface area contributed by atoms with Crippen LogP contribution >= 0.6 is 0 Å². The van der Waals surface area contributed by atoms with Gasteiger partial charge < -0.3 is 30.2 Å². The second-order valence-corrected chi connectivity index (χ2v) is 8.30. The molecule has 3 aromatic rings. The Kier molecular flexibility index (Phi) is 8.99. The van der Waals surface area contributed by atoms with Crippen molar-refractivity contribution in [3.8, 4) is 11.5 Å². The second kappa shape index (κ2) is 12.8. The number of hydrogen-bond donors (Lipinski definition) is 3. The van der Waals surface area contributed by atoms with Crippen molar-refractivity contribution in [1.82, 2.24) is 10.3 Å². The summed E-state index contributed by atoms with van der Waals surface area (Å²) in [5.41, 5.74) is 3.21. The van der Waals surface area contributed by atoms with Gasteiger partial charge in [0.15, 0.2) is 11.5 Å². The first-order chi connectivity index (χ1) is 16.8. The minimum Gasteiger partial charge on any atom is -0.493 e. The van der Waals surface area contributed by atoms with Crippen LogP contribution in [0.3, 0.4) is 0 Å². The molecule has 0 unspecified atom stereocenters. The van der Waals surface area contributed by atoms with E-state index in [0.29, 0.717) is 24.1 Å². The number of nitrogens with zero attached hydrogens (tertiary/aromatic N) is 1. The number of ether oxygens (including phenoxy) is 3. The molecule has 0 aliphatic carbocycles. The van der Waals surface area contributed by atoms with Crippen LogP contribution in [0.15, 0.2) is 66.9 Å². The number of aromatic nitrogens is 1. The number of pyridine rings is 1. The Balaban J connectivity index is 0.00000228. The monoisotopic (exact) mass is 468 g/mol. The van der Waals surface area contributed by atoms with Crippen LogP contribution < -0.4 is 25.4 Å². The van der Waals surface area contributed by atoms with E-state index >= 15 is 0 Å². The van der Waals surface area contributed by atoms with Gasteiger partial charge >= 0.3 is 0 Å². The summed E-state index contributed by atoms with van der Waals surface area (Å²) in [6.07, 6.45) is 4.84. The first-order valence-electron chi connectivity index (χ1n) is 11.9. The highest BCUT2D eigenvalue weighted by Crippen LogP contribution is 2.31. The summed E-state index contributed by atoms with van der Waals surface area (Å²) in [7, 11) is 1.66. The number of methoxy groups -OCH3 is 1. The lowest BCUT2D eigenvalue weighted by atomic mass is 10.1. The molecule has 3 N–H and O–H groups in total. The molecule has 1 fully saturated rings. The molecule has 1 aliphatic rings. The first-order valence-corrected chi connectivity index (χ1v) is 11.9. The summed E-state index contributed by atoms with van der Waals surface area (Å²) in [6, 6.07) is 20.7. The van der Waals surface area contributed by atoms with Gasteiger partial charge in [-0.25, -0.2) is 4.98 Å². The Labute approximate surface area is 206 Å². The predicted molar refractivity (Wildman–Crippen MR) is 143 cm³/mol. The van der Waals surface area contributed by atoms with Gasteiger partial charge in [-0.2, -0.15) is 0 Å². The fourth-order valence-electron chi connectivity index (χ4n) is 3.87. The van der Waals surface area contributed by atoms with Crippen molar-refractivity contribution in [2.24, 2.45) is 0 Å². The molecule has 1 aliphatic heterocycles. The molecule has 7 heteroatoms. The van der Waals surface area contributed by atoms with Crippen LogP contribution in [0.5, 0.6) is 11.5 Å². The van der Waals surface area contributed by atoms with Crippen molar-refractivity contribution >= 4 is 17.2 Å². The molecule has 7 nitrogen and oxygen atoms in total. The molecule has 0 atom stereocenters. The van der Waals surface area contributed by atoms with Gasteiger partial charge in [0.25, 0.3) is 0 Å². The van der Waals surface area contributed by atoms with Gasteiger partial charge in [0.2, 0.25) is 0 Å². The van der Waals surface area contributed by atoms with E-state index in [1.807, 2.05) is 48.7 Å². The van der Waals surface area contributed by atoms with E-state index < -0.39 is 0 Å². The standard InChI is InChI=1S/C27H34N4O3.3H2/c1-32-25-9-8-24(19-26(25)34-15-5-13-28-22-6-3-2-4-7-22)31-27-18-21(10-14-29-27)20-30-23-11-16-33-17-12-23;;;/h2-4,6-10,14,18-19,23,28,30H,5,11-13,15-17,20H2,1H3,(H,29,31);3*1H. The number of anilines is 3. The lowest BCUT2D eigenvalue weighted by Crippen LogP contribution is -2.34. The Bertz CT molecular complexity index is 1020. The van der Waals surface area contributed by atoms with Gasteiger partial charge in [0.1, 0.15) is 5.82 Å². The highest BCUT2D eigenvalue weighted by atomic mass is 16.5. The van der Waals surface area contributed by atoms with E-state index in [9.17, 15) is 0 Å². The van der Waals surface area contributed by atoms with E-state index in [2.05, 4.69) is 39.1 Å². The molecule has 0 radical (unpaired) electrons. The van der Waals surface area contributed by atoms with E-state index in [4.69, 9.17) is 14.2 Å². The topological polar surface area (TPSA) is 76.7 Å². The van der Waals surface area contributed by atoms with Crippen molar-refractivity contribution in [2.45, 2.75) is 31.8 Å². The van der Waals surface area contributed by atoms with Crippen LogP contribution in [0.25, 0.3) is 0 Å². The summed E-state index contributed by atoms with van der Waals surface area (Å²) < 4.78 is 16.9. The minimum atomic E-state index is 0. The summed E-state index contributed by atoms with van der Waals surface area (Å²) >= 11 is 0. The van der Waals surface area contributed by atoms with Crippen LogP contribution in [0, 0.1) is 0 Å². The molecule has 4 rings (SSSR count). The lowest BCUT2D eigenvalue weighted by Gasteiger charge is -2.23. The maximum absolute atomic E-state index is 6.03. The molecule has 1 saturated heterocycles. The van der Waals surface area contributed by atoms with Crippen LogP contribution in [-0.2, 0) is 11.3 Å². The van der Waals surface area contributed by atoms with E-state index in [1.165, 1.54) is 5.56 Å². The van der Waals surface area contributed by atoms with Crippen molar-refractivity contribution < 1.29 is 18.5 Å². The molecule has 0 bridgehead atoms. The number of para-hydroxylation sites is 1. The molecule has 34 heavy (non-hydrogen) atoms. The molecule has 186 valence electrons. The van der Waals surface area contributed by atoms with E-state index in [0.717, 1.165) is 62.8 Å². The van der Waals surface area contributed by atoms with Gasteiger partial charge in [0.05, 0.1) is 13.7 Å². The Morgan fingerprint density at radius 3 is 2.68 bits per heavy atom. The zero-order chi connectivity index (χ0) is 23.4. The quantitative estimate of drug-likeness (QED) is 0.293. The summed E-state index contributed by atoms with van der Waals surface area (Å²) in [5.74, 6) is 2.22. The minimum absolute atomic E-state index is 0. The third kappa shape index (κ3) is 7.37. The molecule has 0 saturated carbocycles. The zero-order valence-corrected chi connectivity index (χ0v) is 19.8. The lowest BCUT2D eigenvalue weighted by molar-refractivity contribution is 0.0776. The molecular formula is C27H40N4O3. The summed E-state index contributed by atoms with van der Waals surface area (Å²) in [6.45, 7) is 3.92. The SMILES string of the molecule is COc1ccc(Nc2cc(CNC3CCOCC3)ccn2)cc1OCCCNc1ccccc1.[HH].[HH].[HH]. The smallest absolute Gasteiger partial charge is 0.163 e. The van der Waals surface area contributed by atoms with Crippen LogP contribution in [0.1, 0.15) is 29.1 Å². The molecule has 1 aromatic heterocycles. The van der Waals surface area contributed by atoms with Gasteiger partial charge in [-0.05, 0) is 61.2 Å². The van der Waals surface area contributed by atoms with Crippen molar-refractivity contribution in [2.75, 3.05) is 44.1 Å². The molecule has 2 aromatic carbocycles. The van der Waals surface area contributed by atoms with Gasteiger partial charge in [0, 0.05) is 60.3 Å². The maximum Gasteiger partial charge on any atom is 0.163 e. The fraction of sp³-hybridized carbons (Fsp3) is 0.370. The number of rotatable bonds is 12. The Morgan fingerprint density at radius 2 is 1.85 bits per heavy atom. The van der Waals surface area contributed by atoms with E-state index in [-0.39, 0.29) is 4.28 Å². The van der Waals surface area contributed by atoms with Crippen LogP contribution in [0.2, 0.25) is 0 Å². The largest absolute Gasteiger partial charge is 0.493 e. The second-order valence-electron chi connectivity index (χ2n) is 8.30. The van der Waals surface area contributed by atoms with Crippen molar-refractivity contribution in [1.29, 1.82) is 0 Å². The Hall–Kier alpha value is -3.29. The summed E-state index contributed by atoms with van der Waals surface area (Å²) in [4.78, 5) is 4.48. The first kappa shape index (κ1) is 23.9. The van der Waals surface area contributed by atoms with Crippen LogP contribution in [0.4, 0.5) is 17.2 Å². The molecular weight excluding hydrogens is 428 g/mol. The highest BCUT2D eigenvalue weighted by molar-refractivity contribution is 5.61. The van der Waals surface area contributed by atoms with Gasteiger partial charge in [-0.3, -0.25) is 0 Å². The zero-order valence-electron chi connectivity index (χ0n) is 19.8. The number of benzene rings is 2. The molecule has 0 spiro atoms. The third-order valence-electron chi connectivity index (χ3n) is 5.76. The van der Waals surface area contributed by atoms with Gasteiger partial charge in [-0.15, -0.1) is 0 Å². The third-order valence-corrected chi connectivity index (χ3v) is 5.76. The van der Waals surface area contributed by atoms with Crippen molar-refractivity contribution in [3.63, 3.8) is 0 Å². The van der Waals surface area contributed by atoms with Crippen LogP contribution in [-0.4, -0.2) is 44.5 Å². The highest BCUT2D eigenvalue weighted by Gasteiger charge is 2.13. The fourth-order valence-corrected chi connectivity index (χ4v) is 3.87. The van der Waals surface area contributed by atoms with Gasteiger partial charge in [-0.1, -0.05) is 18.2 Å². The van der Waals surface area contributed by atoms with Crippen molar-refractivity contribution in [3.05, 3.63) is 72.4 Å². The average molecular weight is 469 g/mol. The number of hydrogen-bond acceptors (Lipinski definition) is 7. The number of nitrogens with one attached hydrogen (secondary N) is 3. The molecule has 0 amide bonds. The maximum atomic E-state index is 6.03. The predicted octanol–water partition coefficient (Wildman–Crippen LogP) is 5.72.